The molecule has 1 aromatic heterocycles. The van der Waals surface area contributed by atoms with Gasteiger partial charge in [-0.05, 0) is 37.1 Å². The first-order valence-electron chi connectivity index (χ1n) is 10.9. The average molecular weight is 437 g/mol. The number of anilines is 1. The lowest BCUT2D eigenvalue weighted by atomic mass is 10.1. The largest absolute Gasteiger partial charge is 0.452 e. The van der Waals surface area contributed by atoms with Crippen molar-refractivity contribution in [2.24, 2.45) is 0 Å². The summed E-state index contributed by atoms with van der Waals surface area (Å²) in [5.74, 6) is -0.818. The number of amides is 1. The van der Waals surface area contributed by atoms with Crippen molar-refractivity contribution in [2.75, 3.05) is 11.5 Å². The van der Waals surface area contributed by atoms with Crippen LogP contribution in [0.2, 0.25) is 0 Å². The molecular formula is C27H23N3O3. The lowest BCUT2D eigenvalue weighted by Crippen LogP contribution is -2.38. The van der Waals surface area contributed by atoms with Gasteiger partial charge in [-0.2, -0.15) is 5.10 Å². The number of carbonyl (C=O) groups excluding carboxylic acids is 2. The fourth-order valence-corrected chi connectivity index (χ4v) is 4.27. The molecule has 0 unspecified atom stereocenters. The standard InChI is InChI=1S/C27H23N3O3/c1-19-16-21-12-8-9-15-24(21)30(19)25(31)18-33-27(32)23-17-29(22-13-6-3-7-14-22)28-26(23)20-10-4-2-5-11-20/h2-15,17,19H,16,18H2,1H3/t19-/m1/s1. The van der Waals surface area contributed by atoms with E-state index in [2.05, 4.69) is 5.10 Å². The van der Waals surface area contributed by atoms with Crippen molar-refractivity contribution in [3.63, 3.8) is 0 Å². The van der Waals surface area contributed by atoms with Gasteiger partial charge in [-0.3, -0.25) is 4.79 Å². The Balaban J connectivity index is 1.39. The molecule has 0 aliphatic carbocycles. The van der Waals surface area contributed by atoms with Gasteiger partial charge in [-0.1, -0.05) is 66.7 Å². The van der Waals surface area contributed by atoms with Crippen molar-refractivity contribution in [3.8, 4) is 16.9 Å². The van der Waals surface area contributed by atoms with Gasteiger partial charge in [0.2, 0.25) is 0 Å². The van der Waals surface area contributed by atoms with Crippen LogP contribution in [0.5, 0.6) is 0 Å². The summed E-state index contributed by atoms with van der Waals surface area (Å²) in [4.78, 5) is 27.8. The lowest BCUT2D eigenvalue weighted by Gasteiger charge is -2.22. The Labute approximate surface area is 192 Å². The lowest BCUT2D eigenvalue weighted by molar-refractivity contribution is -0.122. The van der Waals surface area contributed by atoms with Crippen molar-refractivity contribution < 1.29 is 14.3 Å². The first kappa shape index (κ1) is 20.7. The first-order valence-corrected chi connectivity index (χ1v) is 10.9. The van der Waals surface area contributed by atoms with E-state index < -0.39 is 5.97 Å². The van der Waals surface area contributed by atoms with Crippen LogP contribution in [0, 0.1) is 0 Å². The molecule has 1 aliphatic heterocycles. The highest BCUT2D eigenvalue weighted by atomic mass is 16.5. The van der Waals surface area contributed by atoms with E-state index in [0.717, 1.165) is 28.9 Å². The minimum Gasteiger partial charge on any atom is -0.452 e. The van der Waals surface area contributed by atoms with Crippen LogP contribution in [-0.2, 0) is 16.0 Å². The minimum atomic E-state index is -0.579. The van der Waals surface area contributed by atoms with Crippen molar-refractivity contribution in [3.05, 3.63) is 102 Å². The second-order valence-corrected chi connectivity index (χ2v) is 8.06. The van der Waals surface area contributed by atoms with Crippen LogP contribution in [-0.4, -0.2) is 34.3 Å². The van der Waals surface area contributed by atoms with E-state index in [4.69, 9.17) is 4.74 Å². The molecule has 2 heterocycles. The van der Waals surface area contributed by atoms with Gasteiger partial charge < -0.3 is 9.64 Å². The van der Waals surface area contributed by atoms with Crippen molar-refractivity contribution >= 4 is 17.6 Å². The van der Waals surface area contributed by atoms with Crippen LogP contribution in [0.3, 0.4) is 0 Å². The molecule has 1 aliphatic rings. The fraction of sp³-hybridized carbons (Fsp3) is 0.148. The topological polar surface area (TPSA) is 64.4 Å². The predicted molar refractivity (Wildman–Crippen MR) is 126 cm³/mol. The third-order valence-electron chi connectivity index (χ3n) is 5.80. The molecule has 0 bridgehead atoms. The Kier molecular flexibility index (Phi) is 5.48. The maximum Gasteiger partial charge on any atom is 0.342 e. The highest BCUT2D eigenvalue weighted by Crippen LogP contribution is 2.32. The molecule has 1 atom stereocenters. The number of carbonyl (C=O) groups is 2. The van der Waals surface area contributed by atoms with E-state index in [0.29, 0.717) is 11.3 Å². The highest BCUT2D eigenvalue weighted by molar-refractivity contribution is 6.00. The van der Waals surface area contributed by atoms with Crippen LogP contribution in [0.1, 0.15) is 22.8 Å². The molecular weight excluding hydrogens is 414 g/mol. The second kappa shape index (κ2) is 8.74. The van der Waals surface area contributed by atoms with E-state index in [9.17, 15) is 9.59 Å². The van der Waals surface area contributed by atoms with Crippen LogP contribution in [0.4, 0.5) is 5.69 Å². The Hall–Kier alpha value is -4.19. The molecule has 3 aromatic carbocycles. The van der Waals surface area contributed by atoms with Crippen LogP contribution in [0.25, 0.3) is 16.9 Å². The number of fused-ring (bicyclic) bond motifs is 1. The number of nitrogens with zero attached hydrogens (tertiary/aromatic N) is 3. The molecule has 0 saturated heterocycles. The molecule has 0 spiro atoms. The summed E-state index contributed by atoms with van der Waals surface area (Å²) in [5.41, 5.74) is 4.46. The second-order valence-electron chi connectivity index (χ2n) is 8.06. The number of aromatic nitrogens is 2. The zero-order valence-corrected chi connectivity index (χ0v) is 18.2. The van der Waals surface area contributed by atoms with Crippen LogP contribution in [0.15, 0.2) is 91.1 Å². The molecule has 0 radical (unpaired) electrons. The number of esters is 1. The van der Waals surface area contributed by atoms with E-state index >= 15 is 0 Å². The molecule has 6 heteroatoms. The van der Waals surface area contributed by atoms with Gasteiger partial charge >= 0.3 is 5.97 Å². The molecule has 5 rings (SSSR count). The maximum absolute atomic E-state index is 13.1. The first-order chi connectivity index (χ1) is 16.1. The molecule has 1 amide bonds. The van der Waals surface area contributed by atoms with E-state index in [1.807, 2.05) is 91.9 Å². The maximum atomic E-state index is 13.1. The van der Waals surface area contributed by atoms with Crippen LogP contribution >= 0.6 is 0 Å². The van der Waals surface area contributed by atoms with E-state index in [1.54, 1.807) is 15.8 Å². The Bertz CT molecular complexity index is 1300. The SMILES string of the molecule is C[C@@H]1Cc2ccccc2N1C(=O)COC(=O)c1cn(-c2ccccc2)nc1-c1ccccc1. The predicted octanol–water partition coefficient (Wildman–Crippen LogP) is 4.67. The number of rotatable bonds is 5. The molecule has 4 aromatic rings. The quantitative estimate of drug-likeness (QED) is 0.426. The monoisotopic (exact) mass is 437 g/mol. The van der Waals surface area contributed by atoms with Gasteiger partial charge in [0.15, 0.2) is 6.61 Å². The summed E-state index contributed by atoms with van der Waals surface area (Å²) in [5, 5.41) is 4.64. The third kappa shape index (κ3) is 4.03. The van der Waals surface area contributed by atoms with Crippen molar-refractivity contribution in [1.29, 1.82) is 0 Å². The van der Waals surface area contributed by atoms with Crippen LogP contribution < -0.4 is 4.90 Å². The van der Waals surface area contributed by atoms with E-state index in [1.165, 1.54) is 0 Å². The van der Waals surface area contributed by atoms with Crippen molar-refractivity contribution in [1.82, 2.24) is 9.78 Å². The number of hydrogen-bond acceptors (Lipinski definition) is 4. The van der Waals surface area contributed by atoms with Gasteiger partial charge in [0.25, 0.3) is 5.91 Å². The Morgan fingerprint density at radius 2 is 1.61 bits per heavy atom. The zero-order chi connectivity index (χ0) is 22.8. The molecule has 0 saturated carbocycles. The number of hydrogen-bond donors (Lipinski definition) is 0. The Morgan fingerprint density at radius 1 is 0.939 bits per heavy atom. The average Bonchev–Trinajstić information content (AvgIpc) is 3.44. The number of para-hydroxylation sites is 2. The summed E-state index contributed by atoms with van der Waals surface area (Å²) >= 11 is 0. The molecule has 0 fully saturated rings. The van der Waals surface area contributed by atoms with Gasteiger partial charge in [-0.15, -0.1) is 0 Å². The highest BCUT2D eigenvalue weighted by Gasteiger charge is 2.31. The zero-order valence-electron chi connectivity index (χ0n) is 18.2. The molecule has 0 N–H and O–H groups in total. The smallest absolute Gasteiger partial charge is 0.342 e. The number of benzene rings is 3. The van der Waals surface area contributed by atoms with Gasteiger partial charge in [0.05, 0.1) is 5.69 Å². The summed E-state index contributed by atoms with van der Waals surface area (Å²) < 4.78 is 7.15. The Morgan fingerprint density at radius 3 is 2.36 bits per heavy atom. The van der Waals surface area contributed by atoms with Gasteiger partial charge in [0.1, 0.15) is 11.3 Å². The summed E-state index contributed by atoms with van der Waals surface area (Å²) in [6.07, 6.45) is 2.44. The molecule has 164 valence electrons. The summed E-state index contributed by atoms with van der Waals surface area (Å²) in [7, 11) is 0. The molecule has 6 nitrogen and oxygen atoms in total. The van der Waals surface area contributed by atoms with E-state index in [-0.39, 0.29) is 18.6 Å². The summed E-state index contributed by atoms with van der Waals surface area (Å²) in [6.45, 7) is 1.67. The minimum absolute atomic E-state index is 0.0225. The normalized spacial score (nSPS) is 14.7. The van der Waals surface area contributed by atoms with Crippen molar-refractivity contribution in [2.45, 2.75) is 19.4 Å². The van der Waals surface area contributed by atoms with Gasteiger partial charge in [-0.25, -0.2) is 9.48 Å². The molecule has 33 heavy (non-hydrogen) atoms. The number of ether oxygens (including phenoxy) is 1. The van der Waals surface area contributed by atoms with Gasteiger partial charge in [0, 0.05) is 23.5 Å². The fourth-order valence-electron chi connectivity index (χ4n) is 4.27. The third-order valence-corrected chi connectivity index (χ3v) is 5.80. The summed E-state index contributed by atoms with van der Waals surface area (Å²) in [6, 6.07) is 26.9.